The summed E-state index contributed by atoms with van der Waals surface area (Å²) in [6.45, 7) is 3.97. The van der Waals surface area contributed by atoms with Crippen LogP contribution in [0.25, 0.3) is 0 Å². The smallest absolute Gasteiger partial charge is 0.138 e. The molecule has 20 heavy (non-hydrogen) atoms. The molecule has 0 amide bonds. The molecule has 4 heteroatoms. The number of nitrogens with zero attached hydrogens (tertiary/aromatic N) is 1. The van der Waals surface area contributed by atoms with E-state index in [9.17, 15) is 0 Å². The number of aromatic nitrogens is 1. The minimum Gasteiger partial charge on any atom is -0.489 e. The van der Waals surface area contributed by atoms with Gasteiger partial charge in [0.15, 0.2) is 0 Å². The molecule has 0 aliphatic rings. The summed E-state index contributed by atoms with van der Waals surface area (Å²) < 4.78 is 5.64. The standard InChI is InChI=1S/C16H19ClN2O/c1-11(2)20-15-8-13(9-19-10-15)16(18)7-12-3-5-14(17)6-4-12/h3-6,8-11,16H,7,18H2,1-2H3. The van der Waals surface area contributed by atoms with E-state index in [2.05, 4.69) is 4.98 Å². The third-order valence-corrected chi connectivity index (χ3v) is 3.16. The molecule has 1 atom stereocenters. The van der Waals surface area contributed by atoms with Gasteiger partial charge in [-0.1, -0.05) is 23.7 Å². The van der Waals surface area contributed by atoms with E-state index in [0.717, 1.165) is 28.3 Å². The van der Waals surface area contributed by atoms with Crippen molar-refractivity contribution in [1.29, 1.82) is 0 Å². The fourth-order valence-corrected chi connectivity index (χ4v) is 2.09. The first-order valence-corrected chi connectivity index (χ1v) is 7.04. The van der Waals surface area contributed by atoms with Crippen LogP contribution >= 0.6 is 11.6 Å². The van der Waals surface area contributed by atoms with Crippen LogP contribution in [0.2, 0.25) is 5.02 Å². The third-order valence-electron chi connectivity index (χ3n) is 2.90. The molecule has 2 rings (SSSR count). The minimum absolute atomic E-state index is 0.112. The van der Waals surface area contributed by atoms with Gasteiger partial charge in [0.2, 0.25) is 0 Å². The Labute approximate surface area is 124 Å². The molecule has 0 fully saturated rings. The van der Waals surface area contributed by atoms with Crippen molar-refractivity contribution in [2.24, 2.45) is 5.73 Å². The predicted molar refractivity (Wildman–Crippen MR) is 82.1 cm³/mol. The van der Waals surface area contributed by atoms with Crippen molar-refractivity contribution in [3.05, 3.63) is 58.9 Å². The molecule has 1 aromatic carbocycles. The topological polar surface area (TPSA) is 48.1 Å². The maximum atomic E-state index is 6.24. The van der Waals surface area contributed by atoms with Gasteiger partial charge in [0.1, 0.15) is 5.75 Å². The second-order valence-electron chi connectivity index (χ2n) is 5.06. The molecule has 0 saturated heterocycles. The number of benzene rings is 1. The van der Waals surface area contributed by atoms with Gasteiger partial charge >= 0.3 is 0 Å². The zero-order valence-corrected chi connectivity index (χ0v) is 12.5. The molecule has 0 aliphatic heterocycles. The van der Waals surface area contributed by atoms with E-state index in [1.54, 1.807) is 12.4 Å². The van der Waals surface area contributed by atoms with Crippen molar-refractivity contribution in [2.75, 3.05) is 0 Å². The van der Waals surface area contributed by atoms with Crippen LogP contribution in [0, 0.1) is 0 Å². The highest BCUT2D eigenvalue weighted by molar-refractivity contribution is 6.30. The lowest BCUT2D eigenvalue weighted by molar-refractivity contribution is 0.241. The van der Waals surface area contributed by atoms with E-state index >= 15 is 0 Å². The first-order valence-electron chi connectivity index (χ1n) is 6.66. The van der Waals surface area contributed by atoms with Crippen LogP contribution in [0.1, 0.15) is 31.0 Å². The van der Waals surface area contributed by atoms with Crippen molar-refractivity contribution < 1.29 is 4.74 Å². The van der Waals surface area contributed by atoms with Gasteiger partial charge in [-0.05, 0) is 49.6 Å². The Morgan fingerprint density at radius 1 is 1.20 bits per heavy atom. The summed E-state index contributed by atoms with van der Waals surface area (Å²) in [5.74, 6) is 0.754. The van der Waals surface area contributed by atoms with E-state index in [4.69, 9.17) is 22.1 Å². The Balaban J connectivity index is 2.08. The number of hydrogen-bond acceptors (Lipinski definition) is 3. The van der Waals surface area contributed by atoms with Crippen LogP contribution in [0.5, 0.6) is 5.75 Å². The lowest BCUT2D eigenvalue weighted by Crippen LogP contribution is -2.14. The van der Waals surface area contributed by atoms with Crippen LogP contribution in [0.4, 0.5) is 0 Å². The third kappa shape index (κ3) is 4.22. The van der Waals surface area contributed by atoms with Crippen molar-refractivity contribution in [1.82, 2.24) is 4.98 Å². The number of nitrogens with two attached hydrogens (primary N) is 1. The maximum absolute atomic E-state index is 6.24. The average molecular weight is 291 g/mol. The van der Waals surface area contributed by atoms with E-state index in [-0.39, 0.29) is 12.1 Å². The minimum atomic E-state index is -0.112. The Bertz CT molecular complexity index is 555. The Kier molecular flexibility index (Phi) is 4.99. The molecule has 2 aromatic rings. The van der Waals surface area contributed by atoms with Crippen LogP contribution in [0.15, 0.2) is 42.7 Å². The van der Waals surface area contributed by atoms with Crippen molar-refractivity contribution in [3.8, 4) is 5.75 Å². The van der Waals surface area contributed by atoms with Gasteiger partial charge in [0.05, 0.1) is 12.3 Å². The predicted octanol–water partition coefficient (Wildman–Crippen LogP) is 3.76. The molecule has 0 saturated carbocycles. The Morgan fingerprint density at radius 2 is 1.90 bits per heavy atom. The summed E-state index contributed by atoms with van der Waals surface area (Å²) in [5.41, 5.74) is 8.36. The Hall–Kier alpha value is -1.58. The van der Waals surface area contributed by atoms with Crippen LogP contribution in [-0.2, 0) is 6.42 Å². The SMILES string of the molecule is CC(C)Oc1cncc(C(N)Cc2ccc(Cl)cc2)c1. The summed E-state index contributed by atoms with van der Waals surface area (Å²) in [7, 11) is 0. The van der Waals surface area contributed by atoms with Crippen LogP contribution in [-0.4, -0.2) is 11.1 Å². The second kappa shape index (κ2) is 6.73. The summed E-state index contributed by atoms with van der Waals surface area (Å²) in [6.07, 6.45) is 4.36. The molecule has 106 valence electrons. The molecule has 1 heterocycles. The summed E-state index contributed by atoms with van der Waals surface area (Å²) in [5, 5.41) is 0.733. The van der Waals surface area contributed by atoms with E-state index in [1.807, 2.05) is 44.2 Å². The van der Waals surface area contributed by atoms with Gasteiger partial charge in [0, 0.05) is 17.3 Å². The van der Waals surface area contributed by atoms with Gasteiger partial charge in [-0.15, -0.1) is 0 Å². The number of rotatable bonds is 5. The molecule has 0 spiro atoms. The van der Waals surface area contributed by atoms with Crippen molar-refractivity contribution >= 4 is 11.6 Å². The summed E-state index contributed by atoms with van der Waals surface area (Å²) >= 11 is 5.88. The molecule has 3 nitrogen and oxygen atoms in total. The first-order chi connectivity index (χ1) is 9.54. The molecule has 2 N–H and O–H groups in total. The maximum Gasteiger partial charge on any atom is 0.138 e. The second-order valence-corrected chi connectivity index (χ2v) is 5.49. The fraction of sp³-hybridized carbons (Fsp3) is 0.312. The number of halogens is 1. The zero-order valence-electron chi connectivity index (χ0n) is 11.7. The van der Waals surface area contributed by atoms with Crippen LogP contribution < -0.4 is 10.5 Å². The van der Waals surface area contributed by atoms with Crippen molar-refractivity contribution in [3.63, 3.8) is 0 Å². The normalized spacial score (nSPS) is 12.4. The lowest BCUT2D eigenvalue weighted by atomic mass is 10.0. The highest BCUT2D eigenvalue weighted by atomic mass is 35.5. The van der Waals surface area contributed by atoms with E-state index in [0.29, 0.717) is 0 Å². The largest absolute Gasteiger partial charge is 0.489 e. The number of ether oxygens (including phenoxy) is 1. The van der Waals surface area contributed by atoms with Crippen molar-refractivity contribution in [2.45, 2.75) is 32.4 Å². The number of hydrogen-bond donors (Lipinski definition) is 1. The fourth-order valence-electron chi connectivity index (χ4n) is 1.97. The van der Waals surface area contributed by atoms with E-state index in [1.165, 1.54) is 0 Å². The van der Waals surface area contributed by atoms with Crippen LogP contribution in [0.3, 0.4) is 0 Å². The highest BCUT2D eigenvalue weighted by Gasteiger charge is 2.09. The lowest BCUT2D eigenvalue weighted by Gasteiger charge is -2.14. The van der Waals surface area contributed by atoms with Gasteiger partial charge in [-0.3, -0.25) is 4.98 Å². The first kappa shape index (κ1) is 14.8. The monoisotopic (exact) mass is 290 g/mol. The van der Waals surface area contributed by atoms with Gasteiger partial charge in [0.25, 0.3) is 0 Å². The number of pyridine rings is 1. The summed E-state index contributed by atoms with van der Waals surface area (Å²) in [6, 6.07) is 9.57. The molecular weight excluding hydrogens is 272 g/mol. The molecule has 1 aromatic heterocycles. The van der Waals surface area contributed by atoms with Gasteiger partial charge < -0.3 is 10.5 Å². The van der Waals surface area contributed by atoms with Gasteiger partial charge in [-0.25, -0.2) is 0 Å². The molecule has 0 aliphatic carbocycles. The molecule has 0 bridgehead atoms. The van der Waals surface area contributed by atoms with Gasteiger partial charge in [-0.2, -0.15) is 0 Å². The quantitative estimate of drug-likeness (QED) is 0.912. The Morgan fingerprint density at radius 3 is 2.55 bits per heavy atom. The molecule has 0 radical (unpaired) electrons. The zero-order chi connectivity index (χ0) is 14.5. The molecule has 1 unspecified atom stereocenters. The highest BCUT2D eigenvalue weighted by Crippen LogP contribution is 2.21. The summed E-state index contributed by atoms with van der Waals surface area (Å²) in [4.78, 5) is 4.19. The average Bonchev–Trinajstić information content (AvgIpc) is 2.41. The molecular formula is C16H19ClN2O. The van der Waals surface area contributed by atoms with E-state index < -0.39 is 0 Å².